The van der Waals surface area contributed by atoms with E-state index in [1.54, 1.807) is 0 Å². The minimum Gasteiger partial charge on any atom is -0.464 e. The van der Waals surface area contributed by atoms with E-state index in [0.717, 1.165) is 5.57 Å². The van der Waals surface area contributed by atoms with Crippen molar-refractivity contribution in [2.24, 2.45) is 0 Å². The Kier molecular flexibility index (Phi) is 5.29. The van der Waals surface area contributed by atoms with Gasteiger partial charge in [0.05, 0.1) is 7.11 Å². The molecule has 1 N–H and O–H groups in total. The van der Waals surface area contributed by atoms with Crippen molar-refractivity contribution in [3.05, 3.63) is 23.9 Å². The van der Waals surface area contributed by atoms with Gasteiger partial charge in [-0.1, -0.05) is 19.1 Å². The topological polar surface area (TPSA) is 55.4 Å². The molecule has 1 amide bonds. The van der Waals surface area contributed by atoms with Crippen LogP contribution in [0.25, 0.3) is 0 Å². The number of esters is 1. The maximum absolute atomic E-state index is 11.2. The van der Waals surface area contributed by atoms with Crippen molar-refractivity contribution >= 4 is 11.9 Å². The predicted molar refractivity (Wildman–Crippen MR) is 53.3 cm³/mol. The number of carbonyl (C=O) groups is 2. The Hall–Kier alpha value is -1.58. The zero-order valence-electron chi connectivity index (χ0n) is 8.72. The van der Waals surface area contributed by atoms with Crippen molar-refractivity contribution in [2.45, 2.75) is 20.3 Å². The zero-order chi connectivity index (χ0) is 11.1. The Bertz CT molecular complexity index is 279. The predicted octanol–water partition coefficient (Wildman–Crippen LogP) is 1.15. The quantitative estimate of drug-likeness (QED) is 0.418. The Morgan fingerprint density at radius 2 is 2.07 bits per heavy atom. The average molecular weight is 197 g/mol. The molecule has 4 nitrogen and oxygen atoms in total. The van der Waals surface area contributed by atoms with E-state index in [1.165, 1.54) is 20.1 Å². The molecule has 0 fully saturated rings. The van der Waals surface area contributed by atoms with Gasteiger partial charge in [0.2, 0.25) is 5.91 Å². The van der Waals surface area contributed by atoms with Gasteiger partial charge in [0, 0.05) is 6.92 Å². The normalized spacial score (nSPS) is 10.6. The zero-order valence-corrected chi connectivity index (χ0v) is 8.72. The van der Waals surface area contributed by atoms with Gasteiger partial charge in [-0.05, 0) is 12.5 Å². The second-order valence-corrected chi connectivity index (χ2v) is 2.74. The highest BCUT2D eigenvalue weighted by molar-refractivity contribution is 5.93. The van der Waals surface area contributed by atoms with Gasteiger partial charge in [-0.3, -0.25) is 4.79 Å². The summed E-state index contributed by atoms with van der Waals surface area (Å²) >= 11 is 0. The summed E-state index contributed by atoms with van der Waals surface area (Å²) in [6.07, 6.45) is 2.22. The molecule has 0 aliphatic carbocycles. The summed E-state index contributed by atoms with van der Waals surface area (Å²) in [5.74, 6) is -0.889. The maximum Gasteiger partial charge on any atom is 0.354 e. The molecule has 0 bridgehead atoms. The van der Waals surface area contributed by atoms with E-state index in [9.17, 15) is 9.59 Å². The molecule has 0 saturated carbocycles. The van der Waals surface area contributed by atoms with Crippen LogP contribution in [0.15, 0.2) is 23.9 Å². The number of nitrogens with one attached hydrogen (secondary N) is 1. The number of allylic oxidation sites excluding steroid dienone is 2. The molecule has 14 heavy (non-hydrogen) atoms. The Labute approximate surface area is 83.6 Å². The van der Waals surface area contributed by atoms with Crippen LogP contribution >= 0.6 is 0 Å². The Morgan fingerprint density at radius 3 is 2.43 bits per heavy atom. The maximum atomic E-state index is 11.2. The summed E-state index contributed by atoms with van der Waals surface area (Å²) in [5.41, 5.74) is 0.867. The highest BCUT2D eigenvalue weighted by Gasteiger charge is 2.10. The van der Waals surface area contributed by atoms with Crippen molar-refractivity contribution in [3.63, 3.8) is 0 Å². The van der Waals surface area contributed by atoms with E-state index in [1.807, 2.05) is 6.92 Å². The fourth-order valence-corrected chi connectivity index (χ4v) is 0.752. The minimum absolute atomic E-state index is 0.117. The average Bonchev–Trinajstić information content (AvgIpc) is 2.14. The molecule has 0 aromatic rings. The largest absolute Gasteiger partial charge is 0.464 e. The monoisotopic (exact) mass is 197 g/mol. The third kappa shape index (κ3) is 4.45. The molecule has 0 aliphatic heterocycles. The van der Waals surface area contributed by atoms with Crippen LogP contribution in [0.1, 0.15) is 20.3 Å². The molecule has 78 valence electrons. The van der Waals surface area contributed by atoms with Crippen molar-refractivity contribution < 1.29 is 14.3 Å². The van der Waals surface area contributed by atoms with Crippen molar-refractivity contribution in [3.8, 4) is 0 Å². The first-order valence-corrected chi connectivity index (χ1v) is 4.26. The summed E-state index contributed by atoms with van der Waals surface area (Å²) in [6, 6.07) is 0. The van der Waals surface area contributed by atoms with E-state index >= 15 is 0 Å². The van der Waals surface area contributed by atoms with E-state index in [2.05, 4.69) is 16.6 Å². The Morgan fingerprint density at radius 1 is 1.50 bits per heavy atom. The lowest BCUT2D eigenvalue weighted by atomic mass is 10.2. The number of carbonyl (C=O) groups excluding carboxylic acids is 2. The molecular weight excluding hydrogens is 182 g/mol. The molecular formula is C10H15NO3. The van der Waals surface area contributed by atoms with Gasteiger partial charge in [0.1, 0.15) is 5.70 Å². The van der Waals surface area contributed by atoms with Gasteiger partial charge in [0.15, 0.2) is 0 Å². The Balaban J connectivity index is 4.71. The smallest absolute Gasteiger partial charge is 0.354 e. The van der Waals surface area contributed by atoms with Crippen molar-refractivity contribution in [2.75, 3.05) is 7.11 Å². The molecule has 0 radical (unpaired) electrons. The molecule has 0 unspecified atom stereocenters. The summed E-state index contributed by atoms with van der Waals surface area (Å²) in [7, 11) is 1.26. The van der Waals surface area contributed by atoms with Crippen LogP contribution in [0.3, 0.4) is 0 Å². The second-order valence-electron chi connectivity index (χ2n) is 2.74. The first kappa shape index (κ1) is 12.4. The standard InChI is InChI=1S/C10H15NO3/c1-5-7(2)6-9(10(13)14-4)11-8(3)12/h6H,2,5H2,1,3-4H3,(H,11,12)/b9-6-. The molecule has 0 aromatic carbocycles. The molecule has 0 saturated heterocycles. The number of rotatable bonds is 4. The third-order valence-electron chi connectivity index (χ3n) is 1.52. The highest BCUT2D eigenvalue weighted by atomic mass is 16.5. The summed E-state index contributed by atoms with van der Waals surface area (Å²) in [6.45, 7) is 6.93. The van der Waals surface area contributed by atoms with Crippen LogP contribution in [0.2, 0.25) is 0 Å². The molecule has 4 heteroatoms. The first-order chi connectivity index (χ1) is 6.51. The molecule has 0 spiro atoms. The van der Waals surface area contributed by atoms with E-state index in [0.29, 0.717) is 6.42 Å². The van der Waals surface area contributed by atoms with Crippen LogP contribution in [-0.4, -0.2) is 19.0 Å². The van der Waals surface area contributed by atoms with E-state index in [4.69, 9.17) is 0 Å². The fourth-order valence-electron chi connectivity index (χ4n) is 0.752. The van der Waals surface area contributed by atoms with Gasteiger partial charge in [-0.2, -0.15) is 0 Å². The van der Waals surface area contributed by atoms with Crippen LogP contribution in [0.4, 0.5) is 0 Å². The molecule has 0 aromatic heterocycles. The molecule has 0 rings (SSSR count). The van der Waals surface area contributed by atoms with Gasteiger partial charge < -0.3 is 10.1 Å². The lowest BCUT2D eigenvalue weighted by molar-refractivity contribution is -0.137. The SMILES string of the molecule is C=C(/C=C(\NC(C)=O)C(=O)OC)CC. The van der Waals surface area contributed by atoms with Crippen LogP contribution in [0.5, 0.6) is 0 Å². The van der Waals surface area contributed by atoms with Crippen molar-refractivity contribution in [1.82, 2.24) is 5.32 Å². The number of amides is 1. The molecule has 0 aliphatic rings. The number of hydrogen-bond acceptors (Lipinski definition) is 3. The third-order valence-corrected chi connectivity index (χ3v) is 1.52. The van der Waals surface area contributed by atoms with E-state index in [-0.39, 0.29) is 11.6 Å². The van der Waals surface area contributed by atoms with Gasteiger partial charge >= 0.3 is 5.97 Å². The number of hydrogen-bond donors (Lipinski definition) is 1. The second kappa shape index (κ2) is 5.96. The van der Waals surface area contributed by atoms with Crippen LogP contribution in [-0.2, 0) is 14.3 Å². The van der Waals surface area contributed by atoms with Gasteiger partial charge in [-0.15, -0.1) is 0 Å². The van der Waals surface area contributed by atoms with Crippen molar-refractivity contribution in [1.29, 1.82) is 0 Å². The first-order valence-electron chi connectivity index (χ1n) is 4.26. The van der Waals surface area contributed by atoms with Gasteiger partial charge in [0.25, 0.3) is 0 Å². The van der Waals surface area contributed by atoms with Gasteiger partial charge in [-0.25, -0.2) is 4.79 Å². The van der Waals surface area contributed by atoms with Crippen LogP contribution in [0, 0.1) is 0 Å². The number of methoxy groups -OCH3 is 1. The minimum atomic E-state index is -0.574. The highest BCUT2D eigenvalue weighted by Crippen LogP contribution is 2.03. The summed E-state index contributed by atoms with van der Waals surface area (Å²) < 4.78 is 4.50. The lowest BCUT2D eigenvalue weighted by Gasteiger charge is -2.05. The lowest BCUT2D eigenvalue weighted by Crippen LogP contribution is -2.25. The molecule has 0 heterocycles. The summed E-state index contributed by atoms with van der Waals surface area (Å²) in [4.78, 5) is 21.9. The van der Waals surface area contributed by atoms with E-state index < -0.39 is 5.97 Å². The van der Waals surface area contributed by atoms with Crippen LogP contribution < -0.4 is 5.32 Å². The molecule has 0 atom stereocenters. The fraction of sp³-hybridized carbons (Fsp3) is 0.400. The number of ether oxygens (including phenoxy) is 1. The summed E-state index contributed by atoms with van der Waals surface area (Å²) in [5, 5.41) is 2.38.